The molecule has 0 radical (unpaired) electrons. The molecule has 2 aromatic heterocycles. The molecule has 0 saturated carbocycles. The number of para-hydroxylation sites is 1. The summed E-state index contributed by atoms with van der Waals surface area (Å²) in [4.78, 5) is 21.3. The van der Waals surface area contributed by atoms with E-state index in [2.05, 4.69) is 6.07 Å². The van der Waals surface area contributed by atoms with Gasteiger partial charge in [-0.25, -0.2) is 4.98 Å². The van der Waals surface area contributed by atoms with Gasteiger partial charge in [0.15, 0.2) is 0 Å². The van der Waals surface area contributed by atoms with E-state index < -0.39 is 0 Å². The van der Waals surface area contributed by atoms with Gasteiger partial charge in [0.05, 0.1) is 17.5 Å². The Morgan fingerprint density at radius 3 is 2.67 bits per heavy atom. The van der Waals surface area contributed by atoms with Crippen molar-refractivity contribution in [3.8, 4) is 5.75 Å². The first-order chi connectivity index (χ1) is 13.1. The molecule has 4 aromatic rings. The van der Waals surface area contributed by atoms with Crippen molar-refractivity contribution in [3.63, 3.8) is 0 Å². The van der Waals surface area contributed by atoms with Crippen LogP contribution >= 0.6 is 11.3 Å². The van der Waals surface area contributed by atoms with Gasteiger partial charge in [-0.15, -0.1) is 11.3 Å². The van der Waals surface area contributed by atoms with Gasteiger partial charge < -0.3 is 9.64 Å². The Bertz CT molecular complexity index is 1150. The summed E-state index contributed by atoms with van der Waals surface area (Å²) in [6.07, 6.45) is 0. The molecule has 1 amide bonds. The van der Waals surface area contributed by atoms with Crippen LogP contribution in [-0.2, 0) is 0 Å². The van der Waals surface area contributed by atoms with Crippen molar-refractivity contribution in [3.05, 3.63) is 65.0 Å². The van der Waals surface area contributed by atoms with Gasteiger partial charge in [-0.1, -0.05) is 18.2 Å². The van der Waals surface area contributed by atoms with Crippen LogP contribution in [0.5, 0.6) is 5.75 Å². The van der Waals surface area contributed by atoms with Gasteiger partial charge in [0.1, 0.15) is 10.6 Å². The van der Waals surface area contributed by atoms with Crippen LogP contribution in [0.25, 0.3) is 21.1 Å². The molecule has 27 heavy (non-hydrogen) atoms. The van der Waals surface area contributed by atoms with Crippen LogP contribution in [0.2, 0.25) is 0 Å². The predicted molar refractivity (Wildman–Crippen MR) is 112 cm³/mol. The second kappa shape index (κ2) is 7.00. The maximum atomic E-state index is 13.2. The van der Waals surface area contributed by atoms with Crippen molar-refractivity contribution in [1.29, 1.82) is 0 Å². The third kappa shape index (κ3) is 3.15. The Morgan fingerprint density at radius 2 is 1.93 bits per heavy atom. The number of nitrogens with zero attached hydrogens (tertiary/aromatic N) is 2. The highest BCUT2D eigenvalue weighted by Crippen LogP contribution is 2.31. The van der Waals surface area contributed by atoms with E-state index in [4.69, 9.17) is 9.72 Å². The highest BCUT2D eigenvalue weighted by atomic mass is 32.1. The maximum absolute atomic E-state index is 13.2. The summed E-state index contributed by atoms with van der Waals surface area (Å²) in [5.74, 6) is 0.787. The van der Waals surface area contributed by atoms with Gasteiger partial charge in [0.25, 0.3) is 5.91 Å². The average molecular weight is 376 g/mol. The van der Waals surface area contributed by atoms with Crippen LogP contribution in [-0.4, -0.2) is 24.5 Å². The Morgan fingerprint density at radius 1 is 1.11 bits per heavy atom. The number of methoxy groups -OCH3 is 1. The summed E-state index contributed by atoms with van der Waals surface area (Å²) in [7, 11) is 1.65. The molecule has 0 fully saturated rings. The minimum absolute atomic E-state index is 0.0106. The van der Waals surface area contributed by atoms with Crippen LogP contribution in [0.1, 0.15) is 22.2 Å². The number of ether oxygens (including phenoxy) is 1. The fraction of sp³-hybridized carbons (Fsp3) is 0.182. The first-order valence-corrected chi connectivity index (χ1v) is 9.68. The second-order valence-electron chi connectivity index (χ2n) is 6.39. The van der Waals surface area contributed by atoms with Gasteiger partial charge >= 0.3 is 0 Å². The monoisotopic (exact) mass is 376 g/mol. The van der Waals surface area contributed by atoms with E-state index in [1.54, 1.807) is 7.11 Å². The number of hydrogen-bond acceptors (Lipinski definition) is 4. The van der Waals surface area contributed by atoms with Crippen LogP contribution in [0.4, 0.5) is 5.69 Å². The van der Waals surface area contributed by atoms with Gasteiger partial charge in [-0.2, -0.15) is 0 Å². The molecule has 136 valence electrons. The smallest absolute Gasteiger partial charge is 0.268 e. The summed E-state index contributed by atoms with van der Waals surface area (Å²) < 4.78 is 5.29. The molecule has 4 rings (SSSR count). The molecule has 0 N–H and O–H groups in total. The Labute approximate surface area is 162 Å². The number of amides is 1. The average Bonchev–Trinajstić information content (AvgIpc) is 3.10. The molecular weight excluding hydrogens is 356 g/mol. The molecule has 0 aliphatic rings. The minimum atomic E-state index is 0.0106. The van der Waals surface area contributed by atoms with E-state index in [-0.39, 0.29) is 5.91 Å². The molecule has 0 spiro atoms. The summed E-state index contributed by atoms with van der Waals surface area (Å²) in [5, 5.41) is 2.02. The molecule has 0 atom stereocenters. The topological polar surface area (TPSA) is 42.4 Å². The number of pyridine rings is 1. The van der Waals surface area contributed by atoms with Crippen molar-refractivity contribution in [2.75, 3.05) is 18.6 Å². The third-order valence-electron chi connectivity index (χ3n) is 4.69. The second-order valence-corrected chi connectivity index (χ2v) is 7.42. The molecule has 0 aliphatic carbocycles. The third-order valence-corrected chi connectivity index (χ3v) is 5.72. The molecule has 2 heterocycles. The number of hydrogen-bond donors (Lipinski definition) is 0. The number of thiophene rings is 1. The molecule has 0 unspecified atom stereocenters. The highest BCUT2D eigenvalue weighted by molar-refractivity contribution is 7.20. The zero-order chi connectivity index (χ0) is 19.0. The standard InChI is InChI=1S/C22H20N2O2S/c1-4-24(19-8-6-5-7-14(19)2)22(25)20-12-16-11-15-9-10-17(26-3)13-18(15)23-21(16)27-20/h5-13H,4H2,1-3H3. The number of fused-ring (bicyclic) bond motifs is 2. The lowest BCUT2D eigenvalue weighted by molar-refractivity contribution is 0.0992. The number of carbonyl (C=O) groups is 1. The van der Waals surface area contributed by atoms with Crippen LogP contribution < -0.4 is 9.64 Å². The SMILES string of the molecule is CCN(C(=O)c1cc2cc3ccc(OC)cc3nc2s1)c1ccccc1C. The van der Waals surface area contributed by atoms with E-state index >= 15 is 0 Å². The molecule has 0 aliphatic heterocycles. The Hall–Kier alpha value is -2.92. The summed E-state index contributed by atoms with van der Waals surface area (Å²) in [5.41, 5.74) is 2.91. The molecule has 2 aromatic carbocycles. The minimum Gasteiger partial charge on any atom is -0.497 e. The number of aromatic nitrogens is 1. The number of benzene rings is 2. The van der Waals surface area contributed by atoms with Crippen molar-refractivity contribution >= 4 is 44.1 Å². The molecule has 4 nitrogen and oxygen atoms in total. The zero-order valence-corrected chi connectivity index (χ0v) is 16.3. The first-order valence-electron chi connectivity index (χ1n) is 8.86. The molecular formula is C22H20N2O2S. The van der Waals surface area contributed by atoms with Crippen molar-refractivity contribution in [1.82, 2.24) is 4.98 Å². The van der Waals surface area contributed by atoms with Crippen molar-refractivity contribution in [2.45, 2.75) is 13.8 Å². The number of rotatable bonds is 4. The van der Waals surface area contributed by atoms with E-state index in [1.165, 1.54) is 11.3 Å². The quantitative estimate of drug-likeness (QED) is 0.477. The van der Waals surface area contributed by atoms with E-state index in [1.807, 2.05) is 67.3 Å². The Kier molecular flexibility index (Phi) is 4.54. The summed E-state index contributed by atoms with van der Waals surface area (Å²) >= 11 is 1.43. The lowest BCUT2D eigenvalue weighted by atomic mass is 10.1. The van der Waals surface area contributed by atoms with E-state index in [0.29, 0.717) is 11.4 Å². The largest absolute Gasteiger partial charge is 0.497 e. The fourth-order valence-electron chi connectivity index (χ4n) is 3.26. The van der Waals surface area contributed by atoms with Gasteiger partial charge in [-0.05, 0) is 49.7 Å². The van der Waals surface area contributed by atoms with Gasteiger partial charge in [-0.3, -0.25) is 4.79 Å². The number of aryl methyl sites for hydroxylation is 1. The molecule has 5 heteroatoms. The molecule has 0 bridgehead atoms. The number of carbonyl (C=O) groups excluding carboxylic acids is 1. The number of anilines is 1. The summed E-state index contributed by atoms with van der Waals surface area (Å²) in [6, 6.07) is 17.8. The van der Waals surface area contributed by atoms with Gasteiger partial charge in [0.2, 0.25) is 0 Å². The van der Waals surface area contributed by atoms with Crippen LogP contribution in [0, 0.1) is 6.92 Å². The lowest BCUT2D eigenvalue weighted by Gasteiger charge is -2.22. The van der Waals surface area contributed by atoms with Crippen molar-refractivity contribution in [2.24, 2.45) is 0 Å². The van der Waals surface area contributed by atoms with Crippen molar-refractivity contribution < 1.29 is 9.53 Å². The van der Waals surface area contributed by atoms with E-state index in [9.17, 15) is 4.79 Å². The normalized spacial score (nSPS) is 11.1. The lowest BCUT2D eigenvalue weighted by Crippen LogP contribution is -2.30. The van der Waals surface area contributed by atoms with Gasteiger partial charge in [0, 0.05) is 29.1 Å². The highest BCUT2D eigenvalue weighted by Gasteiger charge is 2.20. The van der Waals surface area contributed by atoms with Crippen LogP contribution in [0.3, 0.4) is 0 Å². The maximum Gasteiger partial charge on any atom is 0.268 e. The summed E-state index contributed by atoms with van der Waals surface area (Å²) in [6.45, 7) is 4.64. The zero-order valence-electron chi connectivity index (χ0n) is 15.5. The molecule has 0 saturated heterocycles. The first kappa shape index (κ1) is 17.5. The van der Waals surface area contributed by atoms with Crippen LogP contribution in [0.15, 0.2) is 54.6 Å². The Balaban J connectivity index is 1.77. The van der Waals surface area contributed by atoms with E-state index in [0.717, 1.165) is 38.1 Å². The fourth-order valence-corrected chi connectivity index (χ4v) is 4.23. The predicted octanol–water partition coefficient (Wildman–Crippen LogP) is 5.43.